The number of nitrogens with zero attached hydrogens (tertiary/aromatic N) is 3. The molecule has 3 rings (SSSR count). The Kier molecular flexibility index (Phi) is 1.37. The van der Waals surface area contributed by atoms with Gasteiger partial charge in [-0.25, -0.2) is 4.98 Å². The number of anilines is 1. The van der Waals surface area contributed by atoms with Gasteiger partial charge in [0, 0.05) is 6.04 Å². The van der Waals surface area contributed by atoms with E-state index >= 15 is 0 Å². The first-order valence-corrected chi connectivity index (χ1v) is 4.85. The third-order valence-electron chi connectivity index (χ3n) is 2.71. The maximum atomic E-state index is 5.91. The lowest BCUT2D eigenvalue weighted by molar-refractivity contribution is 0.734. The fourth-order valence-electron chi connectivity index (χ4n) is 1.97. The van der Waals surface area contributed by atoms with Crippen LogP contribution < -0.4 is 5.73 Å². The van der Waals surface area contributed by atoms with Gasteiger partial charge in [-0.15, -0.1) is 0 Å². The van der Waals surface area contributed by atoms with E-state index in [4.69, 9.17) is 5.73 Å². The lowest BCUT2D eigenvalue weighted by Gasteiger charge is -2.05. The van der Waals surface area contributed by atoms with Crippen molar-refractivity contribution in [2.45, 2.75) is 25.8 Å². The van der Waals surface area contributed by atoms with Gasteiger partial charge < -0.3 is 10.3 Å². The maximum absolute atomic E-state index is 5.91. The molecule has 0 radical (unpaired) electrons. The zero-order valence-corrected chi connectivity index (χ0v) is 8.07. The number of fused-ring (bicyclic) bond motifs is 1. The molecule has 0 aliphatic heterocycles. The van der Waals surface area contributed by atoms with E-state index in [0.29, 0.717) is 6.04 Å². The summed E-state index contributed by atoms with van der Waals surface area (Å²) in [4.78, 5) is 8.50. The SMILES string of the molecule is Cc1nc2cncc(N)c2n1C1CC1. The molecule has 0 aromatic carbocycles. The Balaban J connectivity index is 2.39. The fraction of sp³-hybridized carbons (Fsp3) is 0.400. The van der Waals surface area contributed by atoms with Crippen molar-refractivity contribution < 1.29 is 0 Å². The van der Waals surface area contributed by atoms with Gasteiger partial charge in [-0.3, -0.25) is 4.98 Å². The molecule has 1 aliphatic carbocycles. The van der Waals surface area contributed by atoms with Crippen LogP contribution in [0.5, 0.6) is 0 Å². The summed E-state index contributed by atoms with van der Waals surface area (Å²) in [6, 6.07) is 0.615. The van der Waals surface area contributed by atoms with E-state index in [1.807, 2.05) is 6.92 Å². The van der Waals surface area contributed by atoms with Crippen molar-refractivity contribution in [3.63, 3.8) is 0 Å². The summed E-state index contributed by atoms with van der Waals surface area (Å²) in [5.74, 6) is 1.04. The zero-order chi connectivity index (χ0) is 9.71. The van der Waals surface area contributed by atoms with Crippen molar-refractivity contribution in [2.24, 2.45) is 0 Å². The second kappa shape index (κ2) is 2.47. The van der Waals surface area contributed by atoms with E-state index in [2.05, 4.69) is 14.5 Å². The van der Waals surface area contributed by atoms with E-state index in [9.17, 15) is 0 Å². The Labute approximate surface area is 81.8 Å². The number of nitrogens with two attached hydrogens (primary N) is 1. The largest absolute Gasteiger partial charge is 0.396 e. The van der Waals surface area contributed by atoms with E-state index in [1.165, 1.54) is 12.8 Å². The molecule has 1 saturated carbocycles. The summed E-state index contributed by atoms with van der Waals surface area (Å²) in [5, 5.41) is 0. The van der Waals surface area contributed by atoms with Crippen LogP contribution in [-0.4, -0.2) is 14.5 Å². The Morgan fingerprint density at radius 2 is 2.21 bits per heavy atom. The smallest absolute Gasteiger partial charge is 0.109 e. The van der Waals surface area contributed by atoms with Crippen LogP contribution in [0.1, 0.15) is 24.7 Å². The van der Waals surface area contributed by atoms with E-state index in [0.717, 1.165) is 22.5 Å². The first-order valence-electron chi connectivity index (χ1n) is 4.85. The summed E-state index contributed by atoms with van der Waals surface area (Å²) in [5.41, 5.74) is 8.61. The maximum Gasteiger partial charge on any atom is 0.109 e. The van der Waals surface area contributed by atoms with Crippen molar-refractivity contribution in [3.05, 3.63) is 18.2 Å². The van der Waals surface area contributed by atoms with Gasteiger partial charge in [0.1, 0.15) is 11.3 Å². The third kappa shape index (κ3) is 0.937. The predicted molar refractivity (Wildman–Crippen MR) is 54.9 cm³/mol. The number of hydrogen-bond acceptors (Lipinski definition) is 3. The quantitative estimate of drug-likeness (QED) is 0.740. The van der Waals surface area contributed by atoms with Gasteiger partial charge in [0.15, 0.2) is 0 Å². The molecule has 0 saturated heterocycles. The molecule has 4 heteroatoms. The second-order valence-corrected chi connectivity index (χ2v) is 3.86. The number of rotatable bonds is 1. The highest BCUT2D eigenvalue weighted by Crippen LogP contribution is 2.39. The second-order valence-electron chi connectivity index (χ2n) is 3.86. The molecule has 2 aromatic heterocycles. The number of hydrogen-bond donors (Lipinski definition) is 1. The molecule has 2 heterocycles. The van der Waals surface area contributed by atoms with Crippen LogP contribution in [0.15, 0.2) is 12.4 Å². The minimum atomic E-state index is 0.615. The Bertz CT molecular complexity index is 496. The lowest BCUT2D eigenvalue weighted by Crippen LogP contribution is -1.99. The van der Waals surface area contributed by atoms with Crippen LogP contribution in [0, 0.1) is 6.92 Å². The summed E-state index contributed by atoms with van der Waals surface area (Å²) in [7, 11) is 0. The Morgan fingerprint density at radius 3 is 2.93 bits per heavy atom. The Morgan fingerprint density at radius 1 is 1.43 bits per heavy atom. The topological polar surface area (TPSA) is 56.7 Å². The lowest BCUT2D eigenvalue weighted by atomic mass is 10.3. The van der Waals surface area contributed by atoms with Crippen molar-refractivity contribution >= 4 is 16.7 Å². The highest BCUT2D eigenvalue weighted by Gasteiger charge is 2.27. The van der Waals surface area contributed by atoms with Crippen LogP contribution in [-0.2, 0) is 0 Å². The van der Waals surface area contributed by atoms with E-state index < -0.39 is 0 Å². The molecule has 0 bridgehead atoms. The number of imidazole rings is 1. The minimum Gasteiger partial charge on any atom is -0.396 e. The molecule has 0 atom stereocenters. The molecule has 72 valence electrons. The first-order chi connectivity index (χ1) is 6.77. The van der Waals surface area contributed by atoms with Gasteiger partial charge in [-0.2, -0.15) is 0 Å². The first kappa shape index (κ1) is 7.79. The average molecular weight is 188 g/mol. The van der Waals surface area contributed by atoms with Crippen molar-refractivity contribution in [3.8, 4) is 0 Å². The average Bonchev–Trinajstić information content (AvgIpc) is 2.90. The van der Waals surface area contributed by atoms with E-state index in [1.54, 1.807) is 12.4 Å². The number of nitrogen functional groups attached to an aromatic ring is 1. The highest BCUT2D eigenvalue weighted by atomic mass is 15.1. The molecule has 0 spiro atoms. The van der Waals surface area contributed by atoms with Crippen molar-refractivity contribution in [2.75, 3.05) is 5.73 Å². The normalized spacial score (nSPS) is 16.4. The molecule has 0 unspecified atom stereocenters. The third-order valence-corrected chi connectivity index (χ3v) is 2.71. The van der Waals surface area contributed by atoms with Crippen LogP contribution >= 0.6 is 0 Å². The van der Waals surface area contributed by atoms with Crippen molar-refractivity contribution in [1.29, 1.82) is 0 Å². The van der Waals surface area contributed by atoms with Crippen molar-refractivity contribution in [1.82, 2.24) is 14.5 Å². The van der Waals surface area contributed by atoms with Gasteiger partial charge in [0.05, 0.1) is 23.6 Å². The molecule has 4 nitrogen and oxygen atoms in total. The summed E-state index contributed by atoms with van der Waals surface area (Å²) >= 11 is 0. The molecular formula is C10H12N4. The monoisotopic (exact) mass is 188 g/mol. The van der Waals surface area contributed by atoms with Gasteiger partial charge in [0.25, 0.3) is 0 Å². The van der Waals surface area contributed by atoms with E-state index in [-0.39, 0.29) is 0 Å². The molecule has 14 heavy (non-hydrogen) atoms. The number of aromatic nitrogens is 3. The van der Waals surface area contributed by atoms with Gasteiger partial charge in [-0.05, 0) is 19.8 Å². The zero-order valence-electron chi connectivity index (χ0n) is 8.07. The summed E-state index contributed by atoms with van der Waals surface area (Å²) < 4.78 is 2.24. The van der Waals surface area contributed by atoms with Crippen LogP contribution in [0.4, 0.5) is 5.69 Å². The molecule has 2 N–H and O–H groups in total. The Hall–Kier alpha value is -1.58. The molecule has 2 aromatic rings. The minimum absolute atomic E-state index is 0.615. The molecule has 0 amide bonds. The molecular weight excluding hydrogens is 176 g/mol. The highest BCUT2D eigenvalue weighted by molar-refractivity contribution is 5.86. The van der Waals surface area contributed by atoms with Gasteiger partial charge in [-0.1, -0.05) is 0 Å². The van der Waals surface area contributed by atoms with Crippen LogP contribution in [0.3, 0.4) is 0 Å². The predicted octanol–water partition coefficient (Wildman–Crippen LogP) is 1.66. The molecule has 1 aliphatic rings. The summed E-state index contributed by atoms with van der Waals surface area (Å²) in [6.07, 6.45) is 5.96. The molecule has 1 fully saturated rings. The van der Waals surface area contributed by atoms with Gasteiger partial charge >= 0.3 is 0 Å². The summed E-state index contributed by atoms with van der Waals surface area (Å²) in [6.45, 7) is 2.03. The van der Waals surface area contributed by atoms with Gasteiger partial charge in [0.2, 0.25) is 0 Å². The van der Waals surface area contributed by atoms with Crippen LogP contribution in [0.2, 0.25) is 0 Å². The number of pyridine rings is 1. The fourth-order valence-corrected chi connectivity index (χ4v) is 1.97. The van der Waals surface area contributed by atoms with Crippen LogP contribution in [0.25, 0.3) is 11.0 Å². The standard InChI is InChI=1S/C10H12N4/c1-6-13-9-5-12-4-8(11)10(9)14(6)7-2-3-7/h4-5,7H,2-3,11H2,1H3. The number of aryl methyl sites for hydroxylation is 1.